The van der Waals surface area contributed by atoms with E-state index in [0.29, 0.717) is 5.75 Å². The molecule has 1 amide bonds. The largest absolute Gasteiger partial charge is 0.474 e. The summed E-state index contributed by atoms with van der Waals surface area (Å²) in [5.41, 5.74) is 1.14. The van der Waals surface area contributed by atoms with E-state index in [1.165, 1.54) is 12.1 Å². The topological polar surface area (TPSA) is 75.6 Å². The SMILES string of the molecule is CC(C)c1[c]ccc(Oc2c(Cl)cc(NC(=O)C(=O)O)cc2Cl)c1. The van der Waals surface area contributed by atoms with Gasteiger partial charge in [-0.3, -0.25) is 4.79 Å². The van der Waals surface area contributed by atoms with Crippen molar-refractivity contribution >= 4 is 40.8 Å². The standard InChI is InChI=1S/C17H14Cl2NO4/c1-9(2)10-4-3-5-12(6-10)24-15-13(18)7-11(8-14(15)19)20-16(21)17(22)23/h3,5-9H,1-2H3,(H,20,21)(H,22,23). The highest BCUT2D eigenvalue weighted by Gasteiger charge is 2.16. The van der Waals surface area contributed by atoms with Crippen LogP contribution < -0.4 is 10.1 Å². The van der Waals surface area contributed by atoms with E-state index in [4.69, 9.17) is 33.0 Å². The Morgan fingerprint density at radius 1 is 1.21 bits per heavy atom. The van der Waals surface area contributed by atoms with Crippen molar-refractivity contribution < 1.29 is 19.4 Å². The van der Waals surface area contributed by atoms with Crippen molar-refractivity contribution in [1.29, 1.82) is 0 Å². The summed E-state index contributed by atoms with van der Waals surface area (Å²) in [5, 5.41) is 11.0. The molecule has 0 aliphatic heterocycles. The van der Waals surface area contributed by atoms with Gasteiger partial charge >= 0.3 is 11.9 Å². The van der Waals surface area contributed by atoms with E-state index in [1.807, 2.05) is 19.9 Å². The number of carboxylic acid groups (broad SMARTS) is 1. The smallest absolute Gasteiger partial charge is 0.394 e. The Bertz CT molecular complexity index is 767. The highest BCUT2D eigenvalue weighted by atomic mass is 35.5. The van der Waals surface area contributed by atoms with E-state index >= 15 is 0 Å². The van der Waals surface area contributed by atoms with Crippen molar-refractivity contribution in [2.45, 2.75) is 19.8 Å². The van der Waals surface area contributed by atoms with Crippen molar-refractivity contribution in [2.24, 2.45) is 0 Å². The number of benzene rings is 2. The molecule has 2 rings (SSSR count). The minimum atomic E-state index is -1.61. The monoisotopic (exact) mass is 366 g/mol. The van der Waals surface area contributed by atoms with Gasteiger partial charge in [-0.15, -0.1) is 0 Å². The highest BCUT2D eigenvalue weighted by molar-refractivity contribution is 6.39. The second kappa shape index (κ2) is 7.55. The zero-order chi connectivity index (χ0) is 17.9. The van der Waals surface area contributed by atoms with Crippen molar-refractivity contribution in [3.63, 3.8) is 0 Å². The number of hydrogen-bond donors (Lipinski definition) is 2. The molecule has 0 bridgehead atoms. The Hall–Kier alpha value is -2.24. The minimum Gasteiger partial charge on any atom is -0.474 e. The fraction of sp³-hybridized carbons (Fsp3) is 0.176. The number of nitrogens with one attached hydrogen (secondary N) is 1. The van der Waals surface area contributed by atoms with Crippen LogP contribution in [0, 0.1) is 6.07 Å². The summed E-state index contributed by atoms with van der Waals surface area (Å²) >= 11 is 12.3. The third-order valence-corrected chi connectivity index (χ3v) is 3.65. The van der Waals surface area contributed by atoms with Crippen molar-refractivity contribution in [3.05, 3.63) is 52.0 Å². The van der Waals surface area contributed by atoms with Gasteiger partial charge in [0.15, 0.2) is 5.75 Å². The molecule has 2 aromatic rings. The van der Waals surface area contributed by atoms with Crippen LogP contribution in [0.5, 0.6) is 11.5 Å². The Morgan fingerprint density at radius 3 is 2.38 bits per heavy atom. The molecule has 0 aliphatic rings. The van der Waals surface area contributed by atoms with E-state index in [9.17, 15) is 9.59 Å². The lowest BCUT2D eigenvalue weighted by atomic mass is 10.0. The average Bonchev–Trinajstić information content (AvgIpc) is 2.51. The molecule has 0 heterocycles. The van der Waals surface area contributed by atoms with Gasteiger partial charge in [0.05, 0.1) is 10.0 Å². The minimum absolute atomic E-state index is 0.141. The van der Waals surface area contributed by atoms with Crippen LogP contribution in [-0.2, 0) is 9.59 Å². The maximum absolute atomic E-state index is 11.2. The maximum atomic E-state index is 11.2. The normalized spacial score (nSPS) is 10.5. The number of ether oxygens (including phenoxy) is 1. The van der Waals surface area contributed by atoms with Crippen molar-refractivity contribution in [1.82, 2.24) is 0 Å². The van der Waals surface area contributed by atoms with Crippen LogP contribution in [0.15, 0.2) is 30.3 Å². The number of rotatable bonds is 4. The fourth-order valence-electron chi connectivity index (χ4n) is 1.89. The first-order valence-electron chi connectivity index (χ1n) is 7.00. The van der Waals surface area contributed by atoms with Gasteiger partial charge in [-0.25, -0.2) is 4.79 Å². The molecule has 0 saturated carbocycles. The molecule has 7 heteroatoms. The van der Waals surface area contributed by atoms with E-state index in [1.54, 1.807) is 12.1 Å². The number of amides is 1. The zero-order valence-electron chi connectivity index (χ0n) is 12.9. The molecular formula is C17H14Cl2NO4. The number of halogens is 2. The van der Waals surface area contributed by atoms with Gasteiger partial charge in [-0.1, -0.05) is 43.1 Å². The summed E-state index contributed by atoms with van der Waals surface area (Å²) in [5.74, 6) is -1.75. The summed E-state index contributed by atoms with van der Waals surface area (Å²) in [6, 6.07) is 11.1. The van der Waals surface area contributed by atoms with Gasteiger partial charge in [0.25, 0.3) is 0 Å². The number of aliphatic carboxylic acids is 1. The van der Waals surface area contributed by atoms with Crippen LogP contribution >= 0.6 is 23.2 Å². The molecule has 2 aromatic carbocycles. The first kappa shape index (κ1) is 18.1. The van der Waals surface area contributed by atoms with Crippen LogP contribution in [0.4, 0.5) is 5.69 Å². The number of carbonyl (C=O) groups is 2. The molecule has 5 nitrogen and oxygen atoms in total. The summed E-state index contributed by atoms with van der Waals surface area (Å²) < 4.78 is 5.73. The number of carboxylic acids is 1. The Balaban J connectivity index is 2.27. The molecule has 1 radical (unpaired) electrons. The summed E-state index contributed by atoms with van der Waals surface area (Å²) in [7, 11) is 0. The molecule has 0 unspecified atom stereocenters. The van der Waals surface area contributed by atoms with Crippen molar-refractivity contribution in [2.75, 3.05) is 5.32 Å². The first-order chi connectivity index (χ1) is 11.3. The van der Waals surface area contributed by atoms with Crippen LogP contribution in [0.25, 0.3) is 0 Å². The lowest BCUT2D eigenvalue weighted by Gasteiger charge is -2.13. The second-order valence-electron chi connectivity index (χ2n) is 5.26. The molecule has 0 saturated heterocycles. The van der Waals surface area contributed by atoms with E-state index in [0.717, 1.165) is 5.56 Å². The van der Waals surface area contributed by atoms with Gasteiger partial charge < -0.3 is 15.2 Å². The molecule has 0 atom stereocenters. The number of hydrogen-bond acceptors (Lipinski definition) is 3. The summed E-state index contributed by atoms with van der Waals surface area (Å²) in [6.45, 7) is 4.07. The van der Waals surface area contributed by atoms with Gasteiger partial charge in [-0.2, -0.15) is 0 Å². The molecule has 24 heavy (non-hydrogen) atoms. The summed E-state index contributed by atoms with van der Waals surface area (Å²) in [6.07, 6.45) is 0. The quantitative estimate of drug-likeness (QED) is 0.766. The molecule has 2 N–H and O–H groups in total. The molecular weight excluding hydrogens is 353 g/mol. The summed E-state index contributed by atoms with van der Waals surface area (Å²) in [4.78, 5) is 21.7. The van der Waals surface area contributed by atoms with Gasteiger partial charge in [0.1, 0.15) is 5.75 Å². The van der Waals surface area contributed by atoms with Gasteiger partial charge in [0, 0.05) is 5.69 Å². The Labute approximate surface area is 149 Å². The fourth-order valence-corrected chi connectivity index (χ4v) is 2.46. The van der Waals surface area contributed by atoms with Crippen LogP contribution in [-0.4, -0.2) is 17.0 Å². The third-order valence-electron chi connectivity index (χ3n) is 3.09. The average molecular weight is 367 g/mol. The molecule has 0 fully saturated rings. The molecule has 0 aliphatic carbocycles. The number of anilines is 1. The zero-order valence-corrected chi connectivity index (χ0v) is 14.4. The van der Waals surface area contributed by atoms with Crippen LogP contribution in [0.3, 0.4) is 0 Å². The van der Waals surface area contributed by atoms with Gasteiger partial charge in [-0.05, 0) is 41.8 Å². The van der Waals surface area contributed by atoms with Crippen molar-refractivity contribution in [3.8, 4) is 11.5 Å². The lowest BCUT2D eigenvalue weighted by Crippen LogP contribution is -2.21. The Morgan fingerprint density at radius 2 is 1.83 bits per heavy atom. The highest BCUT2D eigenvalue weighted by Crippen LogP contribution is 2.39. The van der Waals surface area contributed by atoms with Crippen LogP contribution in [0.2, 0.25) is 10.0 Å². The second-order valence-corrected chi connectivity index (χ2v) is 6.08. The Kier molecular flexibility index (Phi) is 5.70. The molecule has 0 spiro atoms. The number of carbonyl (C=O) groups excluding carboxylic acids is 1. The molecule has 125 valence electrons. The van der Waals surface area contributed by atoms with Gasteiger partial charge in [0.2, 0.25) is 0 Å². The molecule has 0 aromatic heterocycles. The third kappa shape index (κ3) is 4.40. The maximum Gasteiger partial charge on any atom is 0.394 e. The van der Waals surface area contributed by atoms with E-state index in [2.05, 4.69) is 11.4 Å². The predicted molar refractivity (Wildman–Crippen MR) is 92.2 cm³/mol. The lowest BCUT2D eigenvalue weighted by molar-refractivity contribution is -0.147. The van der Waals surface area contributed by atoms with E-state index < -0.39 is 11.9 Å². The first-order valence-corrected chi connectivity index (χ1v) is 7.76. The predicted octanol–water partition coefficient (Wildman–Crippen LogP) is 4.73. The van der Waals surface area contributed by atoms with E-state index in [-0.39, 0.29) is 27.4 Å². The van der Waals surface area contributed by atoms with Crippen LogP contribution in [0.1, 0.15) is 25.3 Å².